The van der Waals surface area contributed by atoms with Crippen LogP contribution in [0.3, 0.4) is 0 Å². The zero-order valence-corrected chi connectivity index (χ0v) is 9.98. The quantitative estimate of drug-likeness (QED) is 0.684. The lowest BCUT2D eigenvalue weighted by molar-refractivity contribution is 1.54. The summed E-state index contributed by atoms with van der Waals surface area (Å²) in [7, 11) is 0. The molecule has 0 saturated carbocycles. The Balaban J connectivity index is 2.14. The van der Waals surface area contributed by atoms with Crippen molar-refractivity contribution < 1.29 is 0 Å². The van der Waals surface area contributed by atoms with E-state index in [0.717, 1.165) is 14.9 Å². The van der Waals surface area contributed by atoms with Crippen molar-refractivity contribution in [3.05, 3.63) is 50.6 Å². The van der Waals surface area contributed by atoms with Crippen molar-refractivity contribution >= 4 is 46.4 Å². The predicted molar refractivity (Wildman–Crippen MR) is 68.0 cm³/mol. The van der Waals surface area contributed by atoms with Crippen LogP contribution in [0.2, 0.25) is 9.36 Å². The highest BCUT2D eigenvalue weighted by Crippen LogP contribution is 2.21. The monoisotopic (exact) mass is 255 g/mol. The molecule has 2 rings (SSSR count). The normalized spacial score (nSPS) is 11.1. The molecule has 0 aliphatic rings. The van der Waals surface area contributed by atoms with E-state index in [0.29, 0.717) is 5.02 Å². The van der Waals surface area contributed by atoms with E-state index in [9.17, 15) is 0 Å². The molecule has 1 aromatic heterocycles. The zero-order valence-electron chi connectivity index (χ0n) is 7.65. The van der Waals surface area contributed by atoms with E-state index in [4.69, 9.17) is 23.2 Å². The van der Waals surface area contributed by atoms with E-state index in [-0.39, 0.29) is 0 Å². The van der Waals surface area contributed by atoms with E-state index < -0.39 is 0 Å². The number of rotatable bonds is 2. The van der Waals surface area contributed by atoms with E-state index >= 15 is 0 Å². The summed E-state index contributed by atoms with van der Waals surface area (Å²) in [5.41, 5.74) is 0.879. The highest BCUT2D eigenvalue weighted by atomic mass is 35.5. The van der Waals surface area contributed by atoms with Crippen LogP contribution in [0.4, 0.5) is 5.69 Å². The van der Waals surface area contributed by atoms with Gasteiger partial charge in [0.1, 0.15) is 0 Å². The molecule has 0 aliphatic heterocycles. The highest BCUT2D eigenvalue weighted by Gasteiger charge is 1.94. The number of thiophene rings is 1. The molecule has 4 heteroatoms. The third-order valence-corrected chi connectivity index (χ3v) is 3.18. The molecule has 1 aromatic carbocycles. The van der Waals surface area contributed by atoms with Crippen LogP contribution in [0.1, 0.15) is 4.88 Å². The maximum absolute atomic E-state index is 5.80. The molecule has 0 unspecified atom stereocenters. The fraction of sp³-hybridized carbons (Fsp3) is 0. The largest absolute Gasteiger partial charge is 0.255 e. The van der Waals surface area contributed by atoms with Gasteiger partial charge in [-0.2, -0.15) is 0 Å². The van der Waals surface area contributed by atoms with Gasteiger partial charge in [-0.15, -0.1) is 11.3 Å². The summed E-state index contributed by atoms with van der Waals surface area (Å²) in [5.74, 6) is 0. The topological polar surface area (TPSA) is 12.4 Å². The minimum absolute atomic E-state index is 0.716. The van der Waals surface area contributed by atoms with Crippen LogP contribution in [-0.4, -0.2) is 6.21 Å². The SMILES string of the molecule is Clc1ccc(N=Cc2ccc(Cl)s2)cc1. The molecular formula is C11H7Cl2NS. The molecule has 0 atom stereocenters. The van der Waals surface area contributed by atoms with Crippen LogP contribution in [0.15, 0.2) is 41.4 Å². The van der Waals surface area contributed by atoms with Gasteiger partial charge in [0.05, 0.1) is 10.0 Å². The van der Waals surface area contributed by atoms with E-state index in [1.54, 1.807) is 6.21 Å². The molecule has 15 heavy (non-hydrogen) atoms. The van der Waals surface area contributed by atoms with Crippen molar-refractivity contribution in [2.45, 2.75) is 0 Å². The maximum Gasteiger partial charge on any atom is 0.0935 e. The second-order valence-corrected chi connectivity index (χ2v) is 5.06. The smallest absolute Gasteiger partial charge is 0.0935 e. The third-order valence-electron chi connectivity index (χ3n) is 1.76. The van der Waals surface area contributed by atoms with Crippen LogP contribution < -0.4 is 0 Å². The summed E-state index contributed by atoms with van der Waals surface area (Å²) >= 11 is 13.1. The van der Waals surface area contributed by atoms with Crippen molar-refractivity contribution in [1.29, 1.82) is 0 Å². The number of hydrogen-bond acceptors (Lipinski definition) is 2. The van der Waals surface area contributed by atoms with E-state index in [2.05, 4.69) is 4.99 Å². The van der Waals surface area contributed by atoms with E-state index in [1.165, 1.54) is 11.3 Å². The first kappa shape index (κ1) is 10.7. The van der Waals surface area contributed by atoms with Crippen molar-refractivity contribution in [2.24, 2.45) is 4.99 Å². The molecule has 0 radical (unpaired) electrons. The molecule has 76 valence electrons. The Morgan fingerprint density at radius 2 is 1.73 bits per heavy atom. The first-order chi connectivity index (χ1) is 7.24. The average Bonchev–Trinajstić information content (AvgIpc) is 2.64. The van der Waals surface area contributed by atoms with Crippen molar-refractivity contribution in [3.8, 4) is 0 Å². The van der Waals surface area contributed by atoms with Crippen molar-refractivity contribution in [2.75, 3.05) is 0 Å². The van der Waals surface area contributed by atoms with Crippen LogP contribution in [0.5, 0.6) is 0 Å². The Labute approximate surface area is 102 Å². The van der Waals surface area contributed by atoms with Gasteiger partial charge in [-0.05, 0) is 36.4 Å². The molecular weight excluding hydrogens is 249 g/mol. The summed E-state index contributed by atoms with van der Waals surface area (Å²) < 4.78 is 0.771. The van der Waals surface area contributed by atoms with Gasteiger partial charge in [0.2, 0.25) is 0 Å². The van der Waals surface area contributed by atoms with Crippen LogP contribution in [0, 0.1) is 0 Å². The molecule has 0 N–H and O–H groups in total. The van der Waals surface area contributed by atoms with Gasteiger partial charge in [-0.25, -0.2) is 0 Å². The third kappa shape index (κ3) is 3.06. The van der Waals surface area contributed by atoms with Crippen LogP contribution >= 0.6 is 34.5 Å². The van der Waals surface area contributed by atoms with Gasteiger partial charge < -0.3 is 0 Å². The van der Waals surface area contributed by atoms with Gasteiger partial charge in [-0.3, -0.25) is 4.99 Å². The lowest BCUT2D eigenvalue weighted by Crippen LogP contribution is -1.71. The lowest BCUT2D eigenvalue weighted by Gasteiger charge is -1.92. The molecule has 2 aromatic rings. The number of halogens is 2. The van der Waals surface area contributed by atoms with Crippen LogP contribution in [-0.2, 0) is 0 Å². The Morgan fingerprint density at radius 1 is 1.00 bits per heavy atom. The molecule has 0 aliphatic carbocycles. The van der Waals surface area contributed by atoms with Crippen molar-refractivity contribution in [1.82, 2.24) is 0 Å². The van der Waals surface area contributed by atoms with Crippen molar-refractivity contribution in [3.63, 3.8) is 0 Å². The minimum atomic E-state index is 0.716. The predicted octanol–water partition coefficient (Wildman–Crippen LogP) is 4.81. The molecule has 0 amide bonds. The number of aliphatic imine (C=N–C) groups is 1. The van der Waals surface area contributed by atoms with Crippen LogP contribution in [0.25, 0.3) is 0 Å². The molecule has 0 saturated heterocycles. The average molecular weight is 256 g/mol. The highest BCUT2D eigenvalue weighted by molar-refractivity contribution is 7.17. The van der Waals surface area contributed by atoms with Gasteiger partial charge >= 0.3 is 0 Å². The van der Waals surface area contributed by atoms with Gasteiger partial charge in [0, 0.05) is 16.1 Å². The fourth-order valence-corrected chi connectivity index (χ4v) is 2.12. The first-order valence-electron chi connectivity index (χ1n) is 4.29. The zero-order chi connectivity index (χ0) is 10.7. The molecule has 0 bridgehead atoms. The molecule has 0 fully saturated rings. The minimum Gasteiger partial charge on any atom is -0.255 e. The molecule has 0 spiro atoms. The van der Waals surface area contributed by atoms with Gasteiger partial charge in [0.25, 0.3) is 0 Å². The second kappa shape index (κ2) is 4.79. The summed E-state index contributed by atoms with van der Waals surface area (Å²) in [6, 6.07) is 11.2. The summed E-state index contributed by atoms with van der Waals surface area (Å²) in [6.45, 7) is 0. The lowest BCUT2D eigenvalue weighted by atomic mass is 10.3. The van der Waals surface area contributed by atoms with Gasteiger partial charge in [0.15, 0.2) is 0 Å². The first-order valence-corrected chi connectivity index (χ1v) is 5.86. The Hall–Kier alpha value is -0.830. The molecule has 1 nitrogen and oxygen atoms in total. The number of nitrogens with zero attached hydrogens (tertiary/aromatic N) is 1. The second-order valence-electron chi connectivity index (χ2n) is 2.88. The summed E-state index contributed by atoms with van der Waals surface area (Å²) in [5, 5.41) is 0.716. The Morgan fingerprint density at radius 3 is 2.33 bits per heavy atom. The Bertz CT molecular complexity index is 474. The standard InChI is InChI=1S/C11H7Cl2NS/c12-8-1-3-9(4-2-8)14-7-10-5-6-11(13)15-10/h1-7H. The Kier molecular flexibility index (Phi) is 3.41. The number of benzene rings is 1. The summed E-state index contributed by atoms with van der Waals surface area (Å²) in [4.78, 5) is 5.34. The summed E-state index contributed by atoms with van der Waals surface area (Å²) in [6.07, 6.45) is 1.79. The van der Waals surface area contributed by atoms with E-state index in [1.807, 2.05) is 36.4 Å². The van der Waals surface area contributed by atoms with Gasteiger partial charge in [-0.1, -0.05) is 23.2 Å². The number of hydrogen-bond donors (Lipinski definition) is 0. The molecule has 1 heterocycles. The fourth-order valence-electron chi connectivity index (χ4n) is 1.06. The maximum atomic E-state index is 5.80.